The largest absolute Gasteiger partial charge is 0.388 e. The molecule has 142 valence electrons. The summed E-state index contributed by atoms with van der Waals surface area (Å²) in [5.74, 6) is -2.13. The molecular weight excluding hydrogens is 444 g/mol. The van der Waals surface area contributed by atoms with Crippen molar-refractivity contribution in [2.24, 2.45) is 0 Å². The first-order valence-electron chi connectivity index (χ1n) is 7.69. The Balaban J connectivity index is 2.27. The van der Waals surface area contributed by atoms with Crippen LogP contribution in [0.3, 0.4) is 0 Å². The van der Waals surface area contributed by atoms with Crippen molar-refractivity contribution < 1.29 is 26.8 Å². The predicted molar refractivity (Wildman–Crippen MR) is 98.8 cm³/mol. The fraction of sp³-hybridized carbons (Fsp3) is 0.167. The third kappa shape index (κ3) is 3.67. The molecule has 1 aromatic heterocycles. The van der Waals surface area contributed by atoms with Gasteiger partial charge in [0, 0.05) is 21.9 Å². The first kappa shape index (κ1) is 19.7. The fourth-order valence-corrected chi connectivity index (χ4v) is 3.76. The number of hydrogen-bond acceptors (Lipinski definition) is 5. The zero-order valence-corrected chi connectivity index (χ0v) is 16.7. The molecule has 0 fully saturated rings. The number of aryl methyl sites for hydroxylation is 1. The highest BCUT2D eigenvalue weighted by molar-refractivity contribution is 9.10. The summed E-state index contributed by atoms with van der Waals surface area (Å²) in [6, 6.07) is 6.64. The lowest BCUT2D eigenvalue weighted by Gasteiger charge is -2.09. The van der Waals surface area contributed by atoms with Crippen LogP contribution in [-0.2, 0) is 16.4 Å². The van der Waals surface area contributed by atoms with Crippen molar-refractivity contribution in [2.75, 3.05) is 6.26 Å². The highest BCUT2D eigenvalue weighted by Crippen LogP contribution is 2.38. The van der Waals surface area contributed by atoms with Crippen molar-refractivity contribution in [1.82, 2.24) is 5.16 Å². The molecule has 0 atom stereocenters. The average Bonchev–Trinajstić information content (AvgIpc) is 3.01. The molecular formula is C18H14BrF2NO4S. The van der Waals surface area contributed by atoms with Crippen LogP contribution < -0.4 is 0 Å². The van der Waals surface area contributed by atoms with E-state index in [9.17, 15) is 22.3 Å². The second kappa shape index (κ2) is 7.14. The van der Waals surface area contributed by atoms with Crippen LogP contribution in [0.4, 0.5) is 8.78 Å². The Morgan fingerprint density at radius 3 is 2.48 bits per heavy atom. The summed E-state index contributed by atoms with van der Waals surface area (Å²) in [5.41, 5.74) is 1.52. The number of nitrogens with zero attached hydrogens (tertiary/aromatic N) is 1. The Kier molecular flexibility index (Phi) is 5.20. The lowest BCUT2D eigenvalue weighted by Crippen LogP contribution is -2.03. The third-order valence-corrected chi connectivity index (χ3v) is 6.01. The van der Waals surface area contributed by atoms with Gasteiger partial charge < -0.3 is 9.63 Å². The smallest absolute Gasteiger partial charge is 0.178 e. The molecule has 1 N–H and O–H groups in total. The number of benzene rings is 2. The van der Waals surface area contributed by atoms with Crippen molar-refractivity contribution >= 4 is 25.8 Å². The summed E-state index contributed by atoms with van der Waals surface area (Å²) in [5, 5.41) is 13.4. The lowest BCUT2D eigenvalue weighted by molar-refractivity contribution is 0.230. The van der Waals surface area contributed by atoms with Gasteiger partial charge >= 0.3 is 0 Å². The molecule has 0 saturated carbocycles. The average molecular weight is 458 g/mol. The van der Waals surface area contributed by atoms with Crippen LogP contribution in [0.1, 0.15) is 11.3 Å². The lowest BCUT2D eigenvalue weighted by atomic mass is 9.98. The number of aliphatic hydroxyl groups excluding tert-OH is 1. The molecule has 0 aliphatic carbocycles. The predicted octanol–water partition coefficient (Wildman–Crippen LogP) is 4.25. The molecule has 0 unspecified atom stereocenters. The van der Waals surface area contributed by atoms with Gasteiger partial charge in [-0.05, 0) is 30.7 Å². The highest BCUT2D eigenvalue weighted by Gasteiger charge is 2.25. The Morgan fingerprint density at radius 1 is 1.19 bits per heavy atom. The van der Waals surface area contributed by atoms with Crippen molar-refractivity contribution in [3.63, 3.8) is 0 Å². The van der Waals surface area contributed by atoms with Gasteiger partial charge in [-0.2, -0.15) is 0 Å². The SMILES string of the molecule is Cc1ccc(-c2noc(CO)c2-c2cc(F)c(S(C)(=O)=O)cc2F)cc1Br. The van der Waals surface area contributed by atoms with E-state index in [1.807, 2.05) is 6.92 Å². The van der Waals surface area contributed by atoms with E-state index in [0.29, 0.717) is 11.6 Å². The normalized spacial score (nSPS) is 11.8. The minimum atomic E-state index is -3.94. The maximum absolute atomic E-state index is 14.7. The standard InChI is InChI=1S/C18H14BrF2NO4S/c1-9-3-4-10(5-12(9)19)18-17(15(8-23)26-22-18)11-6-14(21)16(7-13(11)20)27(2,24)25/h3-7,23H,8H2,1-2H3. The first-order valence-corrected chi connectivity index (χ1v) is 10.4. The molecule has 27 heavy (non-hydrogen) atoms. The van der Waals surface area contributed by atoms with Crippen LogP contribution in [0.25, 0.3) is 22.4 Å². The molecule has 5 nitrogen and oxygen atoms in total. The third-order valence-electron chi connectivity index (χ3n) is 4.04. The second-order valence-electron chi connectivity index (χ2n) is 5.99. The Hall–Kier alpha value is -2.10. The molecule has 0 aliphatic heterocycles. The molecule has 0 aliphatic rings. The second-order valence-corrected chi connectivity index (χ2v) is 8.82. The maximum Gasteiger partial charge on any atom is 0.178 e. The number of halogens is 3. The summed E-state index contributed by atoms with van der Waals surface area (Å²) in [4.78, 5) is -0.745. The van der Waals surface area contributed by atoms with E-state index in [1.165, 1.54) is 0 Å². The Labute approximate surface area is 162 Å². The molecule has 9 heteroatoms. The molecule has 0 radical (unpaired) electrons. The van der Waals surface area contributed by atoms with E-state index in [4.69, 9.17) is 4.52 Å². The highest BCUT2D eigenvalue weighted by atomic mass is 79.9. The zero-order chi connectivity index (χ0) is 19.9. The van der Waals surface area contributed by atoms with Gasteiger partial charge in [-0.3, -0.25) is 0 Å². The van der Waals surface area contributed by atoms with Gasteiger partial charge in [0.1, 0.15) is 28.8 Å². The van der Waals surface area contributed by atoms with Crippen LogP contribution in [0.2, 0.25) is 0 Å². The van der Waals surface area contributed by atoms with E-state index in [2.05, 4.69) is 21.1 Å². The van der Waals surface area contributed by atoms with E-state index in [1.54, 1.807) is 18.2 Å². The van der Waals surface area contributed by atoms with E-state index in [0.717, 1.165) is 22.4 Å². The fourth-order valence-electron chi connectivity index (χ4n) is 2.65. The number of rotatable bonds is 4. The maximum atomic E-state index is 14.7. The molecule has 0 amide bonds. The van der Waals surface area contributed by atoms with Gasteiger partial charge in [0.05, 0.1) is 5.56 Å². The topological polar surface area (TPSA) is 80.4 Å². The van der Waals surface area contributed by atoms with Gasteiger partial charge in [0.25, 0.3) is 0 Å². The van der Waals surface area contributed by atoms with Crippen molar-refractivity contribution in [3.05, 3.63) is 57.8 Å². The summed E-state index contributed by atoms with van der Waals surface area (Å²) in [6.07, 6.45) is 0.790. The molecule has 0 saturated heterocycles. The molecule has 0 spiro atoms. The molecule has 3 rings (SSSR count). The molecule has 1 heterocycles. The van der Waals surface area contributed by atoms with Crippen molar-refractivity contribution in [3.8, 4) is 22.4 Å². The van der Waals surface area contributed by atoms with Gasteiger partial charge in [-0.1, -0.05) is 33.2 Å². The van der Waals surface area contributed by atoms with Crippen LogP contribution in [-0.4, -0.2) is 24.9 Å². The number of aliphatic hydroxyl groups is 1. The van der Waals surface area contributed by atoms with Gasteiger partial charge in [0.2, 0.25) is 0 Å². The van der Waals surface area contributed by atoms with E-state index < -0.39 is 33.0 Å². The van der Waals surface area contributed by atoms with Gasteiger partial charge in [-0.25, -0.2) is 17.2 Å². The summed E-state index contributed by atoms with van der Waals surface area (Å²) in [7, 11) is -3.94. The number of aromatic nitrogens is 1. The zero-order valence-electron chi connectivity index (χ0n) is 14.3. The molecule has 3 aromatic rings. The number of hydrogen-bond donors (Lipinski definition) is 1. The Bertz CT molecular complexity index is 1140. The van der Waals surface area contributed by atoms with Crippen LogP contribution >= 0.6 is 15.9 Å². The van der Waals surface area contributed by atoms with Crippen molar-refractivity contribution in [1.29, 1.82) is 0 Å². The monoisotopic (exact) mass is 457 g/mol. The Morgan fingerprint density at radius 2 is 1.89 bits per heavy atom. The summed E-state index contributed by atoms with van der Waals surface area (Å²) in [6.45, 7) is 1.29. The van der Waals surface area contributed by atoms with Gasteiger partial charge in [0.15, 0.2) is 15.6 Å². The van der Waals surface area contributed by atoms with Crippen LogP contribution in [0.5, 0.6) is 0 Å². The van der Waals surface area contributed by atoms with Crippen LogP contribution in [0, 0.1) is 18.6 Å². The van der Waals surface area contributed by atoms with E-state index in [-0.39, 0.29) is 22.6 Å². The number of sulfone groups is 1. The van der Waals surface area contributed by atoms with Crippen molar-refractivity contribution in [2.45, 2.75) is 18.4 Å². The van der Waals surface area contributed by atoms with Gasteiger partial charge in [-0.15, -0.1) is 0 Å². The first-order chi connectivity index (χ1) is 12.6. The summed E-state index contributed by atoms with van der Waals surface area (Å²) < 4.78 is 58.1. The molecule has 0 bridgehead atoms. The van der Waals surface area contributed by atoms with E-state index >= 15 is 0 Å². The van der Waals surface area contributed by atoms with Crippen LogP contribution in [0.15, 0.2) is 44.2 Å². The quantitative estimate of drug-likeness (QED) is 0.633. The summed E-state index contributed by atoms with van der Waals surface area (Å²) >= 11 is 3.40. The minimum absolute atomic E-state index is 0.0599. The minimum Gasteiger partial charge on any atom is -0.388 e. The molecule has 2 aromatic carbocycles.